The maximum Gasteiger partial charge on any atom is 0.343 e. The second kappa shape index (κ2) is 8.79. The summed E-state index contributed by atoms with van der Waals surface area (Å²) in [6.07, 6.45) is 0.652. The van der Waals surface area contributed by atoms with E-state index in [9.17, 15) is 24.1 Å². The molecule has 0 aromatic heterocycles. The van der Waals surface area contributed by atoms with Crippen molar-refractivity contribution in [3.63, 3.8) is 0 Å². The fourth-order valence-corrected chi connectivity index (χ4v) is 2.26. The minimum atomic E-state index is -1.52. The Kier molecular flexibility index (Phi) is 6.47. The number of amides is 1. The number of rotatable bonds is 7. The summed E-state index contributed by atoms with van der Waals surface area (Å²) in [5, 5.41) is 13.5. The number of carbonyl (C=O) groups is 2. The van der Waals surface area contributed by atoms with Crippen molar-refractivity contribution in [2.24, 2.45) is 0 Å². The number of nitro groups is 1. The zero-order chi connectivity index (χ0) is 20.0. The van der Waals surface area contributed by atoms with Crippen LogP contribution in [-0.4, -0.2) is 42.7 Å². The Morgan fingerprint density at radius 2 is 1.93 bits per heavy atom. The molecule has 0 saturated heterocycles. The van der Waals surface area contributed by atoms with Crippen molar-refractivity contribution in [3.8, 4) is 11.5 Å². The van der Waals surface area contributed by atoms with E-state index in [0.29, 0.717) is 0 Å². The molecule has 27 heavy (non-hydrogen) atoms. The molecule has 9 nitrogen and oxygen atoms in total. The Hall–Kier alpha value is -3.43. The Labute approximate surface area is 153 Å². The van der Waals surface area contributed by atoms with Gasteiger partial charge in [-0.05, 0) is 18.2 Å². The number of para-hydroxylation sites is 2. The molecular weight excluding hydrogens is 363 g/mol. The van der Waals surface area contributed by atoms with E-state index >= 15 is 0 Å². The number of nitrogens with zero attached hydrogens (tertiary/aromatic N) is 1. The third-order valence-corrected chi connectivity index (χ3v) is 3.48. The van der Waals surface area contributed by atoms with Crippen LogP contribution in [0.15, 0.2) is 47.9 Å². The van der Waals surface area contributed by atoms with Gasteiger partial charge in [0, 0.05) is 17.9 Å². The highest BCUT2D eigenvalue weighted by Gasteiger charge is 2.36. The lowest BCUT2D eigenvalue weighted by atomic mass is 10.0. The maximum atomic E-state index is 14.0. The van der Waals surface area contributed by atoms with E-state index in [1.54, 1.807) is 12.1 Å². The molecule has 1 N–H and O–H groups in total. The number of hydrogen-bond acceptors (Lipinski definition) is 7. The van der Waals surface area contributed by atoms with Crippen LogP contribution in [0.5, 0.6) is 11.5 Å². The molecule has 1 aromatic rings. The molecule has 2 atom stereocenters. The Balaban J connectivity index is 2.27. The molecule has 0 saturated carbocycles. The van der Waals surface area contributed by atoms with Crippen molar-refractivity contribution >= 4 is 11.9 Å². The van der Waals surface area contributed by atoms with Crippen LogP contribution in [0.1, 0.15) is 6.92 Å². The Bertz CT molecular complexity index is 806. The highest BCUT2D eigenvalue weighted by molar-refractivity contribution is 5.76. The molecule has 0 aliphatic heterocycles. The lowest BCUT2D eigenvalue weighted by Crippen LogP contribution is -2.39. The molecule has 2 rings (SSSR count). The smallest absolute Gasteiger partial charge is 0.343 e. The van der Waals surface area contributed by atoms with Gasteiger partial charge in [-0.25, -0.2) is 9.18 Å². The summed E-state index contributed by atoms with van der Waals surface area (Å²) in [5.74, 6) is -1.84. The van der Waals surface area contributed by atoms with Gasteiger partial charge in [0.2, 0.25) is 5.91 Å². The molecular formula is C17H17FN2O7. The van der Waals surface area contributed by atoms with Crippen molar-refractivity contribution in [1.82, 2.24) is 5.32 Å². The van der Waals surface area contributed by atoms with Crippen molar-refractivity contribution < 1.29 is 33.1 Å². The highest BCUT2D eigenvalue weighted by Crippen LogP contribution is 2.31. The average Bonchev–Trinajstić information content (AvgIpc) is 2.62. The topological polar surface area (TPSA) is 117 Å². The normalized spacial score (nSPS) is 18.6. The molecule has 1 aliphatic rings. The van der Waals surface area contributed by atoms with Gasteiger partial charge in [0.1, 0.15) is 5.83 Å². The van der Waals surface area contributed by atoms with Crippen molar-refractivity contribution in [2.75, 3.05) is 13.7 Å². The van der Waals surface area contributed by atoms with E-state index in [4.69, 9.17) is 9.47 Å². The predicted octanol–water partition coefficient (Wildman–Crippen LogP) is 1.52. The van der Waals surface area contributed by atoms with Crippen LogP contribution in [-0.2, 0) is 14.3 Å². The molecule has 0 bridgehead atoms. The average molecular weight is 380 g/mol. The number of nitrogens with one attached hydrogen (secondary N) is 1. The predicted molar refractivity (Wildman–Crippen MR) is 90.2 cm³/mol. The molecule has 10 heteroatoms. The first-order valence-corrected chi connectivity index (χ1v) is 7.77. The maximum absolute atomic E-state index is 14.0. The third-order valence-electron chi connectivity index (χ3n) is 3.48. The summed E-state index contributed by atoms with van der Waals surface area (Å²) in [6.45, 7) is 0.793. The number of ether oxygens (including phenoxy) is 3. The summed E-state index contributed by atoms with van der Waals surface area (Å²) >= 11 is 0. The number of halogens is 1. The minimum absolute atomic E-state index is 0.104. The lowest BCUT2D eigenvalue weighted by Gasteiger charge is -2.23. The van der Waals surface area contributed by atoms with Crippen molar-refractivity contribution in [3.05, 3.63) is 58.1 Å². The first kappa shape index (κ1) is 19.9. The number of carbonyl (C=O) groups excluding carboxylic acids is 2. The van der Waals surface area contributed by atoms with E-state index in [-0.39, 0.29) is 23.8 Å². The Morgan fingerprint density at radius 3 is 2.52 bits per heavy atom. The third kappa shape index (κ3) is 5.27. The van der Waals surface area contributed by atoms with Crippen LogP contribution in [0.4, 0.5) is 4.39 Å². The second-order valence-corrected chi connectivity index (χ2v) is 5.45. The molecule has 0 spiro atoms. The number of esters is 1. The largest absolute Gasteiger partial charge is 0.478 e. The van der Waals surface area contributed by atoms with E-state index in [0.717, 1.165) is 12.2 Å². The van der Waals surface area contributed by atoms with Gasteiger partial charge in [0.05, 0.1) is 12.8 Å². The molecule has 1 amide bonds. The highest BCUT2D eigenvalue weighted by atomic mass is 19.1. The van der Waals surface area contributed by atoms with Gasteiger partial charge in [0.15, 0.2) is 24.2 Å². The van der Waals surface area contributed by atoms with Crippen LogP contribution in [0.3, 0.4) is 0 Å². The second-order valence-electron chi connectivity index (χ2n) is 5.45. The first-order valence-electron chi connectivity index (χ1n) is 7.77. The van der Waals surface area contributed by atoms with Crippen LogP contribution in [0.2, 0.25) is 0 Å². The van der Waals surface area contributed by atoms with E-state index < -0.39 is 34.8 Å². The fraction of sp³-hybridized carbons (Fsp3) is 0.294. The SMILES string of the molecule is COC(=O)COc1ccccc1OC1C=C(NC(C)=O)C(F)=CC1[N+](=O)[O-]. The first-order chi connectivity index (χ1) is 12.8. The fourth-order valence-electron chi connectivity index (χ4n) is 2.26. The number of methoxy groups -OCH3 is 1. The molecule has 144 valence electrons. The zero-order valence-electron chi connectivity index (χ0n) is 14.5. The minimum Gasteiger partial charge on any atom is -0.478 e. The van der Waals surface area contributed by atoms with Crippen molar-refractivity contribution in [1.29, 1.82) is 0 Å². The lowest BCUT2D eigenvalue weighted by molar-refractivity contribution is -0.517. The quantitative estimate of drug-likeness (QED) is 0.433. The molecule has 0 radical (unpaired) electrons. The van der Waals surface area contributed by atoms with Crippen LogP contribution in [0, 0.1) is 10.1 Å². The number of benzene rings is 1. The van der Waals surface area contributed by atoms with Gasteiger partial charge in [-0.15, -0.1) is 0 Å². The summed E-state index contributed by atoms with van der Waals surface area (Å²) in [4.78, 5) is 33.0. The standard InChI is InChI=1S/C17H17FN2O7/c1-10(21)19-12-8-16(13(20(23)24)7-11(12)18)27-15-6-4-3-5-14(15)26-9-17(22)25-2/h3-8,13,16H,9H2,1-2H3,(H,19,21). The van der Waals surface area contributed by atoms with Gasteiger partial charge in [-0.3, -0.25) is 14.9 Å². The van der Waals surface area contributed by atoms with Gasteiger partial charge in [0.25, 0.3) is 6.04 Å². The van der Waals surface area contributed by atoms with Gasteiger partial charge in [-0.2, -0.15) is 0 Å². The summed E-state index contributed by atoms with van der Waals surface area (Å²) in [6, 6.07) is 4.67. The molecule has 1 aliphatic carbocycles. The zero-order valence-corrected chi connectivity index (χ0v) is 14.5. The summed E-state index contributed by atoms with van der Waals surface area (Å²) in [5.41, 5.74) is -0.224. The van der Waals surface area contributed by atoms with Gasteiger partial charge < -0.3 is 19.5 Å². The van der Waals surface area contributed by atoms with Gasteiger partial charge >= 0.3 is 5.97 Å². The van der Waals surface area contributed by atoms with E-state index in [1.807, 2.05) is 0 Å². The van der Waals surface area contributed by atoms with E-state index in [2.05, 4.69) is 10.1 Å². The van der Waals surface area contributed by atoms with Crippen molar-refractivity contribution in [2.45, 2.75) is 19.1 Å². The monoisotopic (exact) mass is 380 g/mol. The molecule has 0 fully saturated rings. The van der Waals surface area contributed by atoms with Crippen LogP contribution < -0.4 is 14.8 Å². The summed E-state index contributed by atoms with van der Waals surface area (Å²) < 4.78 is 29.4. The molecule has 2 unspecified atom stereocenters. The van der Waals surface area contributed by atoms with Crippen LogP contribution >= 0.6 is 0 Å². The number of hydrogen-bond donors (Lipinski definition) is 1. The van der Waals surface area contributed by atoms with Crippen LogP contribution in [0.25, 0.3) is 0 Å². The Morgan fingerprint density at radius 1 is 1.26 bits per heavy atom. The molecule has 1 aromatic carbocycles. The summed E-state index contributed by atoms with van der Waals surface area (Å²) in [7, 11) is 1.20. The molecule has 0 heterocycles. The van der Waals surface area contributed by atoms with E-state index in [1.165, 1.54) is 26.2 Å². The number of allylic oxidation sites excluding steroid dienone is 1. The van der Waals surface area contributed by atoms with Gasteiger partial charge in [-0.1, -0.05) is 12.1 Å².